The summed E-state index contributed by atoms with van der Waals surface area (Å²) >= 11 is 0. The first kappa shape index (κ1) is 16.5. The summed E-state index contributed by atoms with van der Waals surface area (Å²) < 4.78 is 0. The Hall–Kier alpha value is -1.57. The van der Waals surface area contributed by atoms with Gasteiger partial charge in [-0.25, -0.2) is 0 Å². The van der Waals surface area contributed by atoms with Crippen molar-refractivity contribution in [1.29, 1.82) is 0 Å². The van der Waals surface area contributed by atoms with Crippen LogP contribution in [0.25, 0.3) is 0 Å². The van der Waals surface area contributed by atoms with Gasteiger partial charge < -0.3 is 5.11 Å². The average molecular weight is 274 g/mol. The molecule has 0 saturated heterocycles. The summed E-state index contributed by atoms with van der Waals surface area (Å²) in [5.41, 5.74) is 0. The second-order valence-corrected chi connectivity index (χ2v) is 5.24. The topological polar surface area (TPSA) is 37.3 Å². The lowest BCUT2D eigenvalue weighted by Crippen LogP contribution is -2.12. The molecule has 0 aliphatic heterocycles. The maximum Gasteiger partial charge on any atom is 0.306 e. The zero-order chi connectivity index (χ0) is 14.5. The van der Waals surface area contributed by atoms with E-state index in [1.807, 2.05) is 42.5 Å². The number of hydrogen-bond acceptors (Lipinski definition) is 1. The molecule has 2 rings (SSSR count). The van der Waals surface area contributed by atoms with E-state index in [2.05, 4.69) is 6.08 Å². The van der Waals surface area contributed by atoms with Crippen molar-refractivity contribution in [2.75, 3.05) is 0 Å². The van der Waals surface area contributed by atoms with E-state index in [1.165, 1.54) is 25.7 Å². The van der Waals surface area contributed by atoms with Crippen LogP contribution in [0.2, 0.25) is 0 Å². The maximum absolute atomic E-state index is 10.9. The zero-order valence-electron chi connectivity index (χ0n) is 12.2. The van der Waals surface area contributed by atoms with Crippen LogP contribution in [0.15, 0.2) is 48.6 Å². The quantitative estimate of drug-likeness (QED) is 0.726. The van der Waals surface area contributed by atoms with Gasteiger partial charge in [-0.1, -0.05) is 74.2 Å². The first-order chi connectivity index (χ1) is 9.80. The Labute approximate surface area is 122 Å². The lowest BCUT2D eigenvalue weighted by Gasteiger charge is -2.08. The van der Waals surface area contributed by atoms with Crippen LogP contribution in [0.5, 0.6) is 0 Å². The molecule has 0 spiro atoms. The van der Waals surface area contributed by atoms with Crippen molar-refractivity contribution >= 4 is 5.97 Å². The van der Waals surface area contributed by atoms with Gasteiger partial charge in [-0.05, 0) is 25.7 Å². The van der Waals surface area contributed by atoms with Gasteiger partial charge in [0.15, 0.2) is 0 Å². The van der Waals surface area contributed by atoms with Crippen LogP contribution >= 0.6 is 0 Å². The molecular weight excluding hydrogens is 248 g/mol. The molecular formula is C18H26O2. The summed E-state index contributed by atoms with van der Waals surface area (Å²) in [5.74, 6) is -0.779. The fraction of sp³-hybridized carbons (Fsp3) is 0.500. The second-order valence-electron chi connectivity index (χ2n) is 5.24. The standard InChI is InChI=1S/C12H20O2.C6H6/c13-12(14)11-9-7-5-3-1-2-4-6-8-10-11;1-2-4-6-5-3-1/h5,7,11H,1-4,6,8-10H2,(H,13,14);1-6H. The summed E-state index contributed by atoms with van der Waals surface area (Å²) in [6.45, 7) is 0. The number of aliphatic carboxylic acids is 1. The minimum atomic E-state index is -0.631. The van der Waals surface area contributed by atoms with Gasteiger partial charge in [0.05, 0.1) is 5.92 Å². The number of carboxylic acids is 1. The van der Waals surface area contributed by atoms with Gasteiger partial charge in [0.2, 0.25) is 0 Å². The van der Waals surface area contributed by atoms with E-state index in [0.29, 0.717) is 0 Å². The first-order valence-corrected chi connectivity index (χ1v) is 7.68. The highest BCUT2D eigenvalue weighted by atomic mass is 16.4. The average Bonchev–Trinajstić information content (AvgIpc) is 2.54. The molecule has 1 aliphatic rings. The molecule has 1 aliphatic carbocycles. The van der Waals surface area contributed by atoms with Crippen molar-refractivity contribution in [2.24, 2.45) is 5.92 Å². The number of allylic oxidation sites excluding steroid dienone is 2. The Bertz CT molecular complexity index is 344. The SMILES string of the molecule is O=C(O)C1CC=CCCCCCCC1.c1ccccc1. The summed E-state index contributed by atoms with van der Waals surface area (Å²) in [5, 5.41) is 8.95. The molecule has 0 amide bonds. The highest BCUT2D eigenvalue weighted by Gasteiger charge is 2.15. The van der Waals surface area contributed by atoms with Crippen molar-refractivity contribution in [3.8, 4) is 0 Å². The first-order valence-electron chi connectivity index (χ1n) is 7.68. The number of rotatable bonds is 1. The predicted octanol–water partition coefficient (Wildman–Crippen LogP) is 5.06. The van der Waals surface area contributed by atoms with Crippen LogP contribution in [0, 0.1) is 5.92 Å². The van der Waals surface area contributed by atoms with Crippen molar-refractivity contribution in [3.05, 3.63) is 48.6 Å². The third kappa shape index (κ3) is 8.52. The summed E-state index contributed by atoms with van der Waals surface area (Å²) in [4.78, 5) is 10.9. The summed E-state index contributed by atoms with van der Waals surface area (Å²) in [7, 11) is 0. The van der Waals surface area contributed by atoms with Crippen LogP contribution in [-0.4, -0.2) is 11.1 Å². The van der Waals surface area contributed by atoms with Gasteiger partial charge in [0.25, 0.3) is 0 Å². The predicted molar refractivity (Wildman–Crippen MR) is 83.6 cm³/mol. The molecule has 1 aromatic rings. The lowest BCUT2D eigenvalue weighted by atomic mass is 9.98. The van der Waals surface area contributed by atoms with Crippen molar-refractivity contribution < 1.29 is 9.90 Å². The molecule has 0 aromatic heterocycles. The van der Waals surface area contributed by atoms with Crippen LogP contribution in [-0.2, 0) is 4.79 Å². The van der Waals surface area contributed by atoms with Crippen LogP contribution in [0.4, 0.5) is 0 Å². The van der Waals surface area contributed by atoms with E-state index < -0.39 is 5.97 Å². The van der Waals surface area contributed by atoms with Crippen molar-refractivity contribution in [1.82, 2.24) is 0 Å². The summed E-state index contributed by atoms with van der Waals surface area (Å²) in [6.07, 6.45) is 13.0. The van der Waals surface area contributed by atoms with Crippen molar-refractivity contribution in [2.45, 2.75) is 51.4 Å². The Morgan fingerprint density at radius 1 is 0.800 bits per heavy atom. The van der Waals surface area contributed by atoms with Crippen LogP contribution in [0.3, 0.4) is 0 Å². The fourth-order valence-electron chi connectivity index (χ4n) is 2.29. The van der Waals surface area contributed by atoms with Gasteiger partial charge in [-0.2, -0.15) is 0 Å². The monoisotopic (exact) mass is 274 g/mol. The van der Waals surface area contributed by atoms with E-state index in [9.17, 15) is 4.79 Å². The Kier molecular flexibility index (Phi) is 9.29. The van der Waals surface area contributed by atoms with Gasteiger partial charge in [-0.15, -0.1) is 0 Å². The third-order valence-corrected chi connectivity index (χ3v) is 3.53. The lowest BCUT2D eigenvalue weighted by molar-refractivity contribution is -0.141. The second kappa shape index (κ2) is 11.3. The minimum absolute atomic E-state index is 0.149. The van der Waals surface area contributed by atoms with Gasteiger partial charge in [0.1, 0.15) is 0 Å². The Balaban J connectivity index is 0.000000276. The molecule has 110 valence electrons. The highest BCUT2D eigenvalue weighted by molar-refractivity contribution is 5.70. The number of hydrogen-bond donors (Lipinski definition) is 1. The Morgan fingerprint density at radius 2 is 1.35 bits per heavy atom. The summed E-state index contributed by atoms with van der Waals surface area (Å²) in [6, 6.07) is 12.0. The molecule has 1 aromatic carbocycles. The normalized spacial score (nSPS) is 20.1. The maximum atomic E-state index is 10.9. The van der Waals surface area contributed by atoms with Gasteiger partial charge in [-0.3, -0.25) is 4.79 Å². The van der Waals surface area contributed by atoms with E-state index in [1.54, 1.807) is 0 Å². The molecule has 0 fully saturated rings. The largest absolute Gasteiger partial charge is 0.481 e. The van der Waals surface area contributed by atoms with E-state index in [-0.39, 0.29) is 5.92 Å². The molecule has 1 atom stereocenters. The van der Waals surface area contributed by atoms with E-state index in [0.717, 1.165) is 25.7 Å². The number of carbonyl (C=O) groups is 1. The molecule has 0 bridgehead atoms. The molecule has 0 saturated carbocycles. The Morgan fingerprint density at radius 3 is 1.95 bits per heavy atom. The smallest absolute Gasteiger partial charge is 0.306 e. The molecule has 20 heavy (non-hydrogen) atoms. The number of carboxylic acid groups (broad SMARTS) is 1. The third-order valence-electron chi connectivity index (χ3n) is 3.53. The highest BCUT2D eigenvalue weighted by Crippen LogP contribution is 2.18. The fourth-order valence-corrected chi connectivity index (χ4v) is 2.29. The molecule has 1 N–H and O–H groups in total. The van der Waals surface area contributed by atoms with Gasteiger partial charge in [0, 0.05) is 0 Å². The van der Waals surface area contributed by atoms with Crippen LogP contribution in [0.1, 0.15) is 51.4 Å². The molecule has 0 heterocycles. The molecule has 0 radical (unpaired) electrons. The van der Waals surface area contributed by atoms with Gasteiger partial charge >= 0.3 is 5.97 Å². The molecule has 1 unspecified atom stereocenters. The van der Waals surface area contributed by atoms with Crippen LogP contribution < -0.4 is 0 Å². The molecule has 2 heteroatoms. The van der Waals surface area contributed by atoms with E-state index in [4.69, 9.17) is 5.11 Å². The number of benzene rings is 1. The molecule has 2 nitrogen and oxygen atoms in total. The minimum Gasteiger partial charge on any atom is -0.481 e. The zero-order valence-corrected chi connectivity index (χ0v) is 12.2. The van der Waals surface area contributed by atoms with E-state index >= 15 is 0 Å². The van der Waals surface area contributed by atoms with Crippen molar-refractivity contribution in [3.63, 3.8) is 0 Å².